The number of esters is 1. The number of carbonyl (C=O) groups excluding carboxylic acids is 2. The van der Waals surface area contributed by atoms with Crippen LogP contribution in [0.3, 0.4) is 0 Å². The van der Waals surface area contributed by atoms with Gasteiger partial charge in [0, 0.05) is 5.57 Å². The molecule has 4 heteroatoms. The maximum absolute atomic E-state index is 11.3. The van der Waals surface area contributed by atoms with Crippen LogP contribution in [-0.4, -0.2) is 30.1 Å². The molecule has 1 saturated heterocycles. The molecular weight excluding hydrogens is 280 g/mol. The van der Waals surface area contributed by atoms with Crippen LogP contribution in [-0.2, 0) is 14.3 Å². The first-order valence-corrected chi connectivity index (χ1v) is 8.09. The zero-order chi connectivity index (χ0) is 16.7. The summed E-state index contributed by atoms with van der Waals surface area (Å²) in [6.45, 7) is 8.05. The Morgan fingerprint density at radius 2 is 2.09 bits per heavy atom. The van der Waals surface area contributed by atoms with Crippen LogP contribution in [0.4, 0.5) is 0 Å². The van der Waals surface area contributed by atoms with Gasteiger partial charge in [-0.3, -0.25) is 9.59 Å². The molecule has 1 aliphatic heterocycles. The summed E-state index contributed by atoms with van der Waals surface area (Å²) in [6.07, 6.45) is 6.77. The largest absolute Gasteiger partial charge is 0.456 e. The predicted molar refractivity (Wildman–Crippen MR) is 86.3 cm³/mol. The number of hydrogen-bond donors (Lipinski definition) is 1. The van der Waals surface area contributed by atoms with Crippen LogP contribution >= 0.6 is 0 Å². The molecule has 1 N–H and O–H groups in total. The molecule has 3 atom stereocenters. The van der Waals surface area contributed by atoms with E-state index in [0.29, 0.717) is 11.5 Å². The van der Waals surface area contributed by atoms with Gasteiger partial charge in [-0.2, -0.15) is 0 Å². The van der Waals surface area contributed by atoms with Crippen LogP contribution in [0.15, 0.2) is 22.8 Å². The van der Waals surface area contributed by atoms with Crippen molar-refractivity contribution in [2.75, 3.05) is 6.61 Å². The van der Waals surface area contributed by atoms with Crippen LogP contribution in [0, 0.1) is 11.8 Å². The molecule has 0 aromatic carbocycles. The van der Waals surface area contributed by atoms with Gasteiger partial charge in [-0.05, 0) is 31.8 Å². The molecule has 0 aliphatic carbocycles. The summed E-state index contributed by atoms with van der Waals surface area (Å²) < 4.78 is 5.02. The maximum atomic E-state index is 11.3. The lowest BCUT2D eigenvalue weighted by Gasteiger charge is -2.34. The Labute approximate surface area is 133 Å². The SMILES string of the molecule is CCCCC(C)C/C(C)=C/C(C)=C(/C=O)[C@@H]1OC(=O)[C@@H]1CO. The summed E-state index contributed by atoms with van der Waals surface area (Å²) in [5, 5.41) is 9.18. The molecular formula is C18H28O4. The average molecular weight is 308 g/mol. The third kappa shape index (κ3) is 4.80. The Kier molecular flexibility index (Phi) is 7.52. The summed E-state index contributed by atoms with van der Waals surface area (Å²) in [5.74, 6) is -0.420. The lowest BCUT2D eigenvalue weighted by Crippen LogP contribution is -2.48. The molecule has 0 aromatic heterocycles. The standard InChI is InChI=1S/C18H28O4/c1-5-6-7-12(2)8-13(3)9-14(4)15(10-19)17-16(11-20)18(21)22-17/h9-10,12,16-17,20H,5-8,11H2,1-4H3/b13-9+,15-14-/t12?,16-,17+/m1/s1. The fraction of sp³-hybridized carbons (Fsp3) is 0.667. The summed E-state index contributed by atoms with van der Waals surface area (Å²) >= 11 is 0. The number of unbranched alkanes of at least 4 members (excludes halogenated alkanes) is 1. The molecule has 0 bridgehead atoms. The third-order valence-corrected chi connectivity index (χ3v) is 4.18. The Morgan fingerprint density at radius 3 is 2.59 bits per heavy atom. The second-order valence-corrected chi connectivity index (χ2v) is 6.34. The first kappa shape index (κ1) is 18.6. The molecule has 22 heavy (non-hydrogen) atoms. The number of ether oxygens (including phenoxy) is 1. The van der Waals surface area contributed by atoms with E-state index in [2.05, 4.69) is 20.8 Å². The zero-order valence-corrected chi connectivity index (χ0v) is 14.1. The minimum Gasteiger partial charge on any atom is -0.456 e. The number of allylic oxidation sites excluding steroid dienone is 3. The van der Waals surface area contributed by atoms with Crippen molar-refractivity contribution in [3.05, 3.63) is 22.8 Å². The second-order valence-electron chi connectivity index (χ2n) is 6.34. The second kappa shape index (κ2) is 8.89. The molecule has 0 saturated carbocycles. The van der Waals surface area contributed by atoms with Crippen LogP contribution in [0.25, 0.3) is 0 Å². The Bertz CT molecular complexity index is 462. The fourth-order valence-corrected chi connectivity index (χ4v) is 2.90. The van der Waals surface area contributed by atoms with Crippen LogP contribution in [0.2, 0.25) is 0 Å². The third-order valence-electron chi connectivity index (χ3n) is 4.18. The van der Waals surface area contributed by atoms with Crippen molar-refractivity contribution in [3.63, 3.8) is 0 Å². The highest BCUT2D eigenvalue weighted by Crippen LogP contribution is 2.30. The van der Waals surface area contributed by atoms with Gasteiger partial charge in [-0.15, -0.1) is 0 Å². The van der Waals surface area contributed by atoms with Crippen LogP contribution in [0.5, 0.6) is 0 Å². The fourth-order valence-electron chi connectivity index (χ4n) is 2.90. The quantitative estimate of drug-likeness (QED) is 0.307. The Hall–Kier alpha value is -1.42. The normalized spacial score (nSPS) is 24.2. The smallest absolute Gasteiger partial charge is 0.316 e. The molecule has 1 unspecified atom stereocenters. The van der Waals surface area contributed by atoms with E-state index in [-0.39, 0.29) is 6.61 Å². The molecule has 4 nitrogen and oxygen atoms in total. The summed E-state index contributed by atoms with van der Waals surface area (Å²) in [5.41, 5.74) is 2.48. The zero-order valence-electron chi connectivity index (χ0n) is 14.1. The number of aldehydes is 1. The first-order valence-electron chi connectivity index (χ1n) is 8.09. The molecule has 1 rings (SSSR count). The van der Waals surface area contributed by atoms with E-state index >= 15 is 0 Å². The van der Waals surface area contributed by atoms with Crippen LogP contribution in [0.1, 0.15) is 53.4 Å². The van der Waals surface area contributed by atoms with Crippen LogP contribution < -0.4 is 0 Å². The van der Waals surface area contributed by atoms with Gasteiger partial charge in [0.2, 0.25) is 0 Å². The number of hydrogen-bond acceptors (Lipinski definition) is 4. The molecule has 0 spiro atoms. The van der Waals surface area contributed by atoms with Crippen molar-refractivity contribution in [2.45, 2.75) is 59.5 Å². The van der Waals surface area contributed by atoms with Crippen molar-refractivity contribution in [1.29, 1.82) is 0 Å². The number of carbonyl (C=O) groups is 2. The molecule has 124 valence electrons. The molecule has 1 aliphatic rings. The average Bonchev–Trinajstić information content (AvgIpc) is 2.45. The van der Waals surface area contributed by atoms with E-state index in [1.807, 2.05) is 13.0 Å². The molecule has 0 aromatic rings. The van der Waals surface area contributed by atoms with Gasteiger partial charge in [0.25, 0.3) is 0 Å². The summed E-state index contributed by atoms with van der Waals surface area (Å²) in [7, 11) is 0. The van der Waals surface area contributed by atoms with E-state index in [4.69, 9.17) is 4.74 Å². The molecule has 1 heterocycles. The number of rotatable bonds is 9. The summed E-state index contributed by atoms with van der Waals surface area (Å²) in [4.78, 5) is 22.6. The lowest BCUT2D eigenvalue weighted by atomic mass is 9.88. The van der Waals surface area contributed by atoms with E-state index in [1.165, 1.54) is 24.8 Å². The monoisotopic (exact) mass is 308 g/mol. The minimum atomic E-state index is -0.604. The van der Waals surface area contributed by atoms with Crippen molar-refractivity contribution < 1.29 is 19.4 Å². The van der Waals surface area contributed by atoms with E-state index in [0.717, 1.165) is 18.3 Å². The van der Waals surface area contributed by atoms with Crippen molar-refractivity contribution in [2.24, 2.45) is 11.8 Å². The van der Waals surface area contributed by atoms with Gasteiger partial charge in [-0.1, -0.05) is 44.8 Å². The molecule has 0 radical (unpaired) electrons. The van der Waals surface area contributed by atoms with Gasteiger partial charge in [0.1, 0.15) is 18.3 Å². The number of cyclic esters (lactones) is 1. The highest BCUT2D eigenvalue weighted by Gasteiger charge is 2.44. The van der Waals surface area contributed by atoms with Gasteiger partial charge in [0.15, 0.2) is 0 Å². The van der Waals surface area contributed by atoms with E-state index < -0.39 is 18.0 Å². The van der Waals surface area contributed by atoms with Gasteiger partial charge >= 0.3 is 5.97 Å². The summed E-state index contributed by atoms with van der Waals surface area (Å²) in [6, 6.07) is 0. The van der Waals surface area contributed by atoms with Crippen molar-refractivity contribution in [1.82, 2.24) is 0 Å². The first-order chi connectivity index (χ1) is 10.4. The van der Waals surface area contributed by atoms with E-state index in [1.54, 1.807) is 0 Å². The highest BCUT2D eigenvalue weighted by atomic mass is 16.6. The maximum Gasteiger partial charge on any atom is 0.316 e. The minimum absolute atomic E-state index is 0.287. The topological polar surface area (TPSA) is 63.6 Å². The van der Waals surface area contributed by atoms with E-state index in [9.17, 15) is 14.7 Å². The van der Waals surface area contributed by atoms with Gasteiger partial charge in [-0.25, -0.2) is 0 Å². The molecule has 0 amide bonds. The lowest BCUT2D eigenvalue weighted by molar-refractivity contribution is -0.182. The predicted octanol–water partition coefficient (Wildman–Crippen LogP) is 3.20. The highest BCUT2D eigenvalue weighted by molar-refractivity contribution is 5.87. The van der Waals surface area contributed by atoms with Crippen molar-refractivity contribution in [3.8, 4) is 0 Å². The number of aliphatic hydroxyl groups is 1. The van der Waals surface area contributed by atoms with Crippen molar-refractivity contribution >= 4 is 12.3 Å². The number of aliphatic hydroxyl groups excluding tert-OH is 1. The van der Waals surface area contributed by atoms with Gasteiger partial charge < -0.3 is 9.84 Å². The Morgan fingerprint density at radius 1 is 1.41 bits per heavy atom. The van der Waals surface area contributed by atoms with Gasteiger partial charge in [0.05, 0.1) is 6.61 Å². The molecule has 1 fully saturated rings. The Balaban J connectivity index is 2.77.